The largest absolute Gasteiger partial charge is 0.496 e. The van der Waals surface area contributed by atoms with Crippen molar-refractivity contribution in [3.63, 3.8) is 0 Å². The predicted molar refractivity (Wildman–Crippen MR) is 78.8 cm³/mol. The van der Waals surface area contributed by atoms with Crippen molar-refractivity contribution in [3.8, 4) is 16.9 Å². The Hall–Kier alpha value is -1.97. The maximum absolute atomic E-state index is 6.02. The molecule has 1 aromatic carbocycles. The van der Waals surface area contributed by atoms with Crippen LogP contribution in [-0.2, 0) is 0 Å². The van der Waals surface area contributed by atoms with Crippen LogP contribution in [0.25, 0.3) is 11.1 Å². The number of rotatable bonds is 4. The minimum absolute atomic E-state index is 0.363. The number of anilines is 1. The molecule has 4 heteroatoms. The van der Waals surface area contributed by atoms with E-state index in [2.05, 4.69) is 12.1 Å². The van der Waals surface area contributed by atoms with Crippen LogP contribution in [0.15, 0.2) is 22.7 Å². The van der Waals surface area contributed by atoms with E-state index in [0.29, 0.717) is 17.7 Å². The third kappa shape index (κ3) is 2.15. The number of hydrogen-bond acceptors (Lipinski definition) is 4. The van der Waals surface area contributed by atoms with Crippen LogP contribution in [0.1, 0.15) is 37.0 Å². The van der Waals surface area contributed by atoms with E-state index in [1.165, 1.54) is 12.8 Å². The number of methoxy groups -OCH3 is 1. The van der Waals surface area contributed by atoms with Crippen molar-refractivity contribution in [1.82, 2.24) is 5.16 Å². The highest BCUT2D eigenvalue weighted by atomic mass is 16.5. The molecule has 2 N–H and O–H groups in total. The highest BCUT2D eigenvalue weighted by molar-refractivity contribution is 5.77. The highest BCUT2D eigenvalue weighted by Crippen LogP contribution is 2.46. The summed E-state index contributed by atoms with van der Waals surface area (Å²) in [6.07, 6.45) is 2.52. The Morgan fingerprint density at radius 2 is 2.15 bits per heavy atom. The van der Waals surface area contributed by atoms with E-state index in [0.717, 1.165) is 28.2 Å². The van der Waals surface area contributed by atoms with Crippen LogP contribution in [-0.4, -0.2) is 12.3 Å². The summed E-state index contributed by atoms with van der Waals surface area (Å²) >= 11 is 0. The molecule has 1 atom stereocenters. The predicted octanol–water partition coefficient (Wildman–Crippen LogP) is 3.75. The summed E-state index contributed by atoms with van der Waals surface area (Å²) in [4.78, 5) is 0. The van der Waals surface area contributed by atoms with Gasteiger partial charge in [0.2, 0.25) is 0 Å². The topological polar surface area (TPSA) is 61.3 Å². The maximum atomic E-state index is 6.02. The van der Waals surface area contributed by atoms with Crippen molar-refractivity contribution >= 4 is 5.82 Å². The lowest BCUT2D eigenvalue weighted by molar-refractivity contribution is 0.358. The van der Waals surface area contributed by atoms with Gasteiger partial charge in [0, 0.05) is 5.92 Å². The second-order valence-corrected chi connectivity index (χ2v) is 5.62. The van der Waals surface area contributed by atoms with Gasteiger partial charge >= 0.3 is 0 Å². The van der Waals surface area contributed by atoms with Gasteiger partial charge in [-0.3, -0.25) is 0 Å². The fourth-order valence-electron chi connectivity index (χ4n) is 2.70. The molecule has 1 fully saturated rings. The molecule has 3 rings (SSSR count). The molecule has 4 nitrogen and oxygen atoms in total. The molecule has 0 saturated heterocycles. The molecular weight excluding hydrogens is 252 g/mol. The van der Waals surface area contributed by atoms with Crippen LogP contribution in [0, 0.1) is 12.8 Å². The average Bonchev–Trinajstić information content (AvgIpc) is 3.22. The fourth-order valence-corrected chi connectivity index (χ4v) is 2.70. The van der Waals surface area contributed by atoms with Gasteiger partial charge in [-0.1, -0.05) is 24.2 Å². The van der Waals surface area contributed by atoms with Gasteiger partial charge in [-0.15, -0.1) is 0 Å². The van der Waals surface area contributed by atoms with Gasteiger partial charge in [0.1, 0.15) is 11.5 Å². The van der Waals surface area contributed by atoms with E-state index in [1.54, 1.807) is 7.11 Å². The van der Waals surface area contributed by atoms with Crippen LogP contribution in [0.5, 0.6) is 5.75 Å². The van der Waals surface area contributed by atoms with E-state index in [4.69, 9.17) is 15.0 Å². The van der Waals surface area contributed by atoms with Crippen LogP contribution in [0.4, 0.5) is 5.82 Å². The number of benzene rings is 1. The first-order valence-corrected chi connectivity index (χ1v) is 7.02. The zero-order valence-corrected chi connectivity index (χ0v) is 12.1. The zero-order valence-electron chi connectivity index (χ0n) is 12.1. The van der Waals surface area contributed by atoms with Gasteiger partial charge < -0.3 is 15.0 Å². The Bertz CT molecular complexity index is 629. The summed E-state index contributed by atoms with van der Waals surface area (Å²) in [5.41, 5.74) is 9.04. The summed E-state index contributed by atoms with van der Waals surface area (Å²) in [7, 11) is 1.68. The van der Waals surface area contributed by atoms with Gasteiger partial charge in [-0.05, 0) is 42.9 Å². The smallest absolute Gasteiger partial charge is 0.175 e. The molecule has 0 spiro atoms. The number of hydrogen-bond donors (Lipinski definition) is 1. The Morgan fingerprint density at radius 3 is 2.80 bits per heavy atom. The number of nitrogens with two attached hydrogens (primary N) is 1. The minimum Gasteiger partial charge on any atom is -0.496 e. The molecule has 1 aliphatic carbocycles. The molecule has 0 aliphatic heterocycles. The molecule has 1 saturated carbocycles. The van der Waals surface area contributed by atoms with Gasteiger partial charge in [0.15, 0.2) is 5.82 Å². The normalized spacial score (nSPS) is 16.1. The number of aromatic nitrogens is 1. The third-order valence-corrected chi connectivity index (χ3v) is 4.18. The lowest BCUT2D eigenvalue weighted by Gasteiger charge is -2.11. The van der Waals surface area contributed by atoms with Crippen LogP contribution < -0.4 is 10.5 Å². The molecule has 0 radical (unpaired) electrons. The molecule has 0 bridgehead atoms. The molecule has 1 aliphatic rings. The quantitative estimate of drug-likeness (QED) is 0.920. The van der Waals surface area contributed by atoms with E-state index in [-0.39, 0.29) is 0 Å². The standard InChI is InChI=1S/C16H20N2O2/c1-9-4-5-12(8-13(9)19-3)14-15(20-18-16(14)17)10(2)11-6-7-11/h4-5,8,10-11H,6-7H2,1-3H3,(H2,17,18). The zero-order chi connectivity index (χ0) is 14.3. The van der Waals surface area contributed by atoms with Gasteiger partial charge in [-0.25, -0.2) is 0 Å². The number of ether oxygens (including phenoxy) is 1. The number of nitrogens with zero attached hydrogens (tertiary/aromatic N) is 1. The third-order valence-electron chi connectivity index (χ3n) is 4.18. The van der Waals surface area contributed by atoms with Crippen molar-refractivity contribution in [2.75, 3.05) is 12.8 Å². The van der Waals surface area contributed by atoms with Crippen molar-refractivity contribution in [1.29, 1.82) is 0 Å². The molecule has 20 heavy (non-hydrogen) atoms. The van der Waals surface area contributed by atoms with Crippen molar-refractivity contribution < 1.29 is 9.26 Å². The Morgan fingerprint density at radius 1 is 1.40 bits per heavy atom. The van der Waals surface area contributed by atoms with Crippen LogP contribution in [0.2, 0.25) is 0 Å². The van der Waals surface area contributed by atoms with E-state index >= 15 is 0 Å². The molecule has 1 unspecified atom stereocenters. The van der Waals surface area contributed by atoms with Crippen molar-refractivity contribution in [3.05, 3.63) is 29.5 Å². The highest BCUT2D eigenvalue weighted by Gasteiger charge is 2.34. The summed E-state index contributed by atoms with van der Waals surface area (Å²) in [6, 6.07) is 6.08. The summed E-state index contributed by atoms with van der Waals surface area (Å²) in [6.45, 7) is 4.21. The maximum Gasteiger partial charge on any atom is 0.175 e. The Labute approximate surface area is 118 Å². The Kier molecular flexibility index (Phi) is 3.16. The minimum atomic E-state index is 0.363. The first-order chi connectivity index (χ1) is 9.61. The van der Waals surface area contributed by atoms with E-state index in [1.807, 2.05) is 25.1 Å². The molecule has 1 aromatic heterocycles. The van der Waals surface area contributed by atoms with Crippen molar-refractivity contribution in [2.24, 2.45) is 5.92 Å². The molecule has 1 heterocycles. The van der Waals surface area contributed by atoms with E-state index < -0.39 is 0 Å². The molecule has 0 amide bonds. The fraction of sp³-hybridized carbons (Fsp3) is 0.438. The van der Waals surface area contributed by atoms with Crippen LogP contribution >= 0.6 is 0 Å². The Balaban J connectivity index is 2.07. The molecular formula is C16H20N2O2. The average molecular weight is 272 g/mol. The van der Waals surface area contributed by atoms with Crippen molar-refractivity contribution in [2.45, 2.75) is 32.6 Å². The van der Waals surface area contributed by atoms with Gasteiger partial charge in [-0.2, -0.15) is 0 Å². The number of aryl methyl sites for hydroxylation is 1. The van der Waals surface area contributed by atoms with Crippen LogP contribution in [0.3, 0.4) is 0 Å². The monoisotopic (exact) mass is 272 g/mol. The van der Waals surface area contributed by atoms with Gasteiger partial charge in [0.05, 0.1) is 12.7 Å². The SMILES string of the molecule is COc1cc(-c2c(N)noc2C(C)C2CC2)ccc1C. The first kappa shape index (κ1) is 13.0. The lowest BCUT2D eigenvalue weighted by atomic mass is 9.95. The molecule has 106 valence electrons. The first-order valence-electron chi connectivity index (χ1n) is 7.02. The summed E-state index contributed by atoms with van der Waals surface area (Å²) in [5.74, 6) is 3.28. The van der Waals surface area contributed by atoms with E-state index in [9.17, 15) is 0 Å². The summed E-state index contributed by atoms with van der Waals surface area (Å²) < 4.78 is 10.9. The lowest BCUT2D eigenvalue weighted by Crippen LogP contribution is -1.98. The summed E-state index contributed by atoms with van der Waals surface area (Å²) in [5, 5.41) is 3.96. The second kappa shape index (κ2) is 4.85. The van der Waals surface area contributed by atoms with Gasteiger partial charge in [0.25, 0.3) is 0 Å². The second-order valence-electron chi connectivity index (χ2n) is 5.62. The molecule has 2 aromatic rings. The number of nitrogen functional groups attached to an aromatic ring is 1.